The first-order valence-electron chi connectivity index (χ1n) is 8.33. The van der Waals surface area contributed by atoms with Crippen LogP contribution >= 0.6 is 0 Å². The maximum absolute atomic E-state index is 6.22. The Morgan fingerprint density at radius 3 is 2.37 bits per heavy atom. The van der Waals surface area contributed by atoms with Gasteiger partial charge in [-0.05, 0) is 58.3 Å². The predicted octanol–water partition coefficient (Wildman–Crippen LogP) is 2.41. The molecule has 0 aromatic heterocycles. The summed E-state index contributed by atoms with van der Waals surface area (Å²) in [6.07, 6.45) is 9.10. The fourth-order valence-electron chi connectivity index (χ4n) is 3.04. The summed E-state index contributed by atoms with van der Waals surface area (Å²) in [4.78, 5) is 2.64. The van der Waals surface area contributed by atoms with Gasteiger partial charge in [0.1, 0.15) is 0 Å². The van der Waals surface area contributed by atoms with Gasteiger partial charge in [-0.2, -0.15) is 0 Å². The quantitative estimate of drug-likeness (QED) is 0.730. The molecule has 0 spiro atoms. The smallest absolute Gasteiger partial charge is 0.0707 e. The van der Waals surface area contributed by atoms with Crippen molar-refractivity contribution in [2.45, 2.75) is 76.7 Å². The van der Waals surface area contributed by atoms with Crippen molar-refractivity contribution in [2.75, 3.05) is 19.6 Å². The summed E-state index contributed by atoms with van der Waals surface area (Å²) in [6, 6.07) is 1.47. The maximum atomic E-state index is 6.22. The van der Waals surface area contributed by atoms with Crippen LogP contribution in [0.25, 0.3) is 0 Å². The molecule has 1 heterocycles. The number of nitrogens with one attached hydrogen (secondary N) is 1. The monoisotopic (exact) mass is 266 g/mol. The largest absolute Gasteiger partial charge is 0.372 e. The van der Waals surface area contributed by atoms with Crippen LogP contribution in [0.2, 0.25) is 0 Å². The molecule has 2 unspecified atom stereocenters. The Morgan fingerprint density at radius 1 is 1.00 bits per heavy atom. The molecule has 19 heavy (non-hydrogen) atoms. The van der Waals surface area contributed by atoms with Crippen LogP contribution in [0.3, 0.4) is 0 Å². The van der Waals surface area contributed by atoms with E-state index in [9.17, 15) is 0 Å². The molecule has 0 bridgehead atoms. The Balaban J connectivity index is 1.38. The summed E-state index contributed by atoms with van der Waals surface area (Å²) in [5, 5.41) is 3.60. The van der Waals surface area contributed by atoms with Crippen LogP contribution < -0.4 is 5.32 Å². The zero-order chi connectivity index (χ0) is 13.2. The number of hydrogen-bond donors (Lipinski definition) is 1. The first-order chi connectivity index (χ1) is 9.20. The van der Waals surface area contributed by atoms with E-state index < -0.39 is 0 Å². The Kier molecular flexibility index (Phi) is 4.45. The topological polar surface area (TPSA) is 24.5 Å². The van der Waals surface area contributed by atoms with Crippen molar-refractivity contribution in [1.82, 2.24) is 10.2 Å². The van der Waals surface area contributed by atoms with Gasteiger partial charge in [0.05, 0.1) is 12.2 Å². The zero-order valence-electron chi connectivity index (χ0n) is 12.6. The van der Waals surface area contributed by atoms with Gasteiger partial charge in [0.2, 0.25) is 0 Å². The van der Waals surface area contributed by atoms with Crippen LogP contribution in [-0.4, -0.2) is 48.8 Å². The molecule has 110 valence electrons. The Labute approximate surface area is 118 Å². The van der Waals surface area contributed by atoms with Crippen molar-refractivity contribution in [3.63, 3.8) is 0 Å². The van der Waals surface area contributed by atoms with Gasteiger partial charge >= 0.3 is 0 Å². The highest BCUT2D eigenvalue weighted by atomic mass is 16.5. The predicted molar refractivity (Wildman–Crippen MR) is 78.4 cm³/mol. The molecule has 3 heteroatoms. The van der Waals surface area contributed by atoms with E-state index in [4.69, 9.17) is 4.74 Å². The van der Waals surface area contributed by atoms with Crippen LogP contribution in [0.15, 0.2) is 0 Å². The highest BCUT2D eigenvalue weighted by molar-refractivity contribution is 4.86. The van der Waals surface area contributed by atoms with Crippen molar-refractivity contribution in [3.8, 4) is 0 Å². The van der Waals surface area contributed by atoms with Crippen molar-refractivity contribution >= 4 is 0 Å². The molecule has 0 aromatic rings. The first kappa shape index (κ1) is 13.8. The third-order valence-electron chi connectivity index (χ3n) is 4.77. The van der Waals surface area contributed by atoms with Crippen molar-refractivity contribution in [1.29, 1.82) is 0 Å². The van der Waals surface area contributed by atoms with E-state index in [2.05, 4.69) is 24.1 Å². The van der Waals surface area contributed by atoms with Gasteiger partial charge in [-0.1, -0.05) is 0 Å². The lowest BCUT2D eigenvalue weighted by atomic mass is 10.1. The molecular formula is C16H30N2O. The molecule has 3 aliphatic rings. The molecule has 1 aliphatic heterocycles. The Bertz CT molecular complexity index is 286. The lowest BCUT2D eigenvalue weighted by molar-refractivity contribution is 0.0161. The van der Waals surface area contributed by atoms with Crippen LogP contribution in [0.5, 0.6) is 0 Å². The van der Waals surface area contributed by atoms with Gasteiger partial charge in [0, 0.05) is 31.7 Å². The number of rotatable bonds is 8. The summed E-state index contributed by atoms with van der Waals surface area (Å²) >= 11 is 0. The molecular weight excluding hydrogens is 236 g/mol. The lowest BCUT2D eigenvalue weighted by Gasteiger charge is -2.29. The minimum absolute atomic E-state index is 0.473. The third kappa shape index (κ3) is 4.44. The summed E-state index contributed by atoms with van der Waals surface area (Å²) in [7, 11) is 0. The van der Waals surface area contributed by atoms with Crippen molar-refractivity contribution in [3.05, 3.63) is 0 Å². The standard InChI is InChI=1S/C16H30N2O/c1-12(2)18(10-13-3-4-13)11-16-8-7-15(19-16)9-17-14-5-6-14/h12-17H,3-11H2,1-2H3. The number of nitrogens with zero attached hydrogens (tertiary/aromatic N) is 1. The molecule has 3 rings (SSSR count). The SMILES string of the molecule is CC(C)N(CC1CC1)CC1CCC(CNC2CC2)O1. The maximum Gasteiger partial charge on any atom is 0.0707 e. The van der Waals surface area contributed by atoms with E-state index in [0.29, 0.717) is 18.2 Å². The van der Waals surface area contributed by atoms with E-state index in [1.807, 2.05) is 0 Å². The highest BCUT2D eigenvalue weighted by Gasteiger charge is 2.31. The second kappa shape index (κ2) is 6.11. The zero-order valence-corrected chi connectivity index (χ0v) is 12.6. The molecule has 0 radical (unpaired) electrons. The second-order valence-electron chi connectivity index (χ2n) is 7.13. The second-order valence-corrected chi connectivity index (χ2v) is 7.13. The minimum atomic E-state index is 0.473. The van der Waals surface area contributed by atoms with Crippen LogP contribution in [0.4, 0.5) is 0 Å². The van der Waals surface area contributed by atoms with Crippen molar-refractivity contribution < 1.29 is 4.74 Å². The molecule has 3 nitrogen and oxygen atoms in total. The molecule has 0 amide bonds. The molecule has 1 N–H and O–H groups in total. The minimum Gasteiger partial charge on any atom is -0.372 e. The number of hydrogen-bond acceptors (Lipinski definition) is 3. The van der Waals surface area contributed by atoms with E-state index in [1.54, 1.807) is 0 Å². The van der Waals surface area contributed by atoms with E-state index in [0.717, 1.165) is 25.0 Å². The third-order valence-corrected chi connectivity index (χ3v) is 4.77. The van der Waals surface area contributed by atoms with E-state index in [-0.39, 0.29) is 0 Å². The van der Waals surface area contributed by atoms with Gasteiger partial charge in [0.15, 0.2) is 0 Å². The summed E-state index contributed by atoms with van der Waals surface area (Å²) in [5.74, 6) is 0.983. The molecule has 2 aliphatic carbocycles. The average Bonchev–Trinajstić information content (AvgIpc) is 3.28. The van der Waals surface area contributed by atoms with Gasteiger partial charge < -0.3 is 10.1 Å². The van der Waals surface area contributed by atoms with Gasteiger partial charge in [-0.15, -0.1) is 0 Å². The molecule has 3 fully saturated rings. The van der Waals surface area contributed by atoms with Crippen molar-refractivity contribution in [2.24, 2.45) is 5.92 Å². The Morgan fingerprint density at radius 2 is 1.74 bits per heavy atom. The van der Waals surface area contributed by atoms with Gasteiger partial charge in [0.25, 0.3) is 0 Å². The van der Waals surface area contributed by atoms with Gasteiger partial charge in [-0.25, -0.2) is 0 Å². The van der Waals surface area contributed by atoms with Gasteiger partial charge in [-0.3, -0.25) is 4.90 Å². The van der Waals surface area contributed by atoms with Crippen LogP contribution in [-0.2, 0) is 4.74 Å². The van der Waals surface area contributed by atoms with Crippen LogP contribution in [0, 0.1) is 5.92 Å². The van der Waals surface area contributed by atoms with E-state index in [1.165, 1.54) is 45.1 Å². The number of ether oxygens (including phenoxy) is 1. The van der Waals surface area contributed by atoms with Crippen LogP contribution in [0.1, 0.15) is 52.4 Å². The lowest BCUT2D eigenvalue weighted by Crippen LogP contribution is -2.39. The normalized spacial score (nSPS) is 31.6. The summed E-state index contributed by atoms with van der Waals surface area (Å²) in [6.45, 7) is 8.16. The summed E-state index contributed by atoms with van der Waals surface area (Å²) < 4.78 is 6.22. The molecule has 1 saturated heterocycles. The molecule has 2 atom stereocenters. The average molecular weight is 266 g/mol. The first-order valence-corrected chi connectivity index (χ1v) is 8.33. The molecule has 0 aromatic carbocycles. The fourth-order valence-corrected chi connectivity index (χ4v) is 3.04. The van der Waals surface area contributed by atoms with E-state index >= 15 is 0 Å². The fraction of sp³-hybridized carbons (Fsp3) is 1.00. The highest BCUT2D eigenvalue weighted by Crippen LogP contribution is 2.31. The summed E-state index contributed by atoms with van der Waals surface area (Å²) in [5.41, 5.74) is 0. The Hall–Kier alpha value is -0.120. The molecule has 2 saturated carbocycles.